The van der Waals surface area contributed by atoms with Crippen LogP contribution in [0.5, 0.6) is 0 Å². The summed E-state index contributed by atoms with van der Waals surface area (Å²) in [6.45, 7) is 1.89. The van der Waals surface area contributed by atoms with Crippen LogP contribution in [0.3, 0.4) is 0 Å². The van der Waals surface area contributed by atoms with Gasteiger partial charge in [0.05, 0.1) is 4.34 Å². The van der Waals surface area contributed by atoms with Crippen LogP contribution in [0.1, 0.15) is 0 Å². The lowest BCUT2D eigenvalue weighted by Crippen LogP contribution is -2.48. The first kappa shape index (κ1) is 17.4. The van der Waals surface area contributed by atoms with E-state index in [1.807, 2.05) is 12.3 Å². The van der Waals surface area contributed by atoms with Gasteiger partial charge in [0.2, 0.25) is 0 Å². The molecule has 3 aromatic rings. The highest BCUT2D eigenvalue weighted by Crippen LogP contribution is 2.29. The average molecular weight is 411 g/mol. The monoisotopic (exact) mass is 410 g/mol. The normalized spacial score (nSPS) is 16.1. The molecule has 0 aromatic carbocycles. The third kappa shape index (κ3) is 3.32. The molecule has 0 spiro atoms. The zero-order valence-electron chi connectivity index (χ0n) is 13.6. The Kier molecular flexibility index (Phi) is 4.65. The Morgan fingerprint density at radius 2 is 1.85 bits per heavy atom. The van der Waals surface area contributed by atoms with E-state index in [-0.39, 0.29) is 4.21 Å². The number of rotatable bonds is 4. The molecule has 0 bridgehead atoms. The lowest BCUT2D eigenvalue weighted by Gasteiger charge is -2.34. The van der Waals surface area contributed by atoms with Gasteiger partial charge in [-0.1, -0.05) is 11.6 Å². The Hall–Kier alpha value is -2.01. The Morgan fingerprint density at radius 3 is 2.50 bits per heavy atom. The minimum atomic E-state index is -3.49. The second-order valence-electron chi connectivity index (χ2n) is 5.65. The molecule has 0 atom stereocenters. The summed E-state index contributed by atoms with van der Waals surface area (Å²) in [5.74, 6) is 1.48. The second-order valence-corrected chi connectivity index (χ2v) is 9.53. The number of hydrogen-bond donors (Lipinski definition) is 0. The van der Waals surface area contributed by atoms with E-state index < -0.39 is 10.0 Å². The molecular formula is C15H15ClN6O2S2. The SMILES string of the molecule is O=S(=O)(c1ccc(Cl)s1)N1CCN(c2cc(-n3ccnc3)ncn2)CC1. The van der Waals surface area contributed by atoms with Crippen LogP contribution in [0, 0.1) is 0 Å². The van der Waals surface area contributed by atoms with Crippen LogP contribution < -0.4 is 4.90 Å². The molecular weight excluding hydrogens is 396 g/mol. The van der Waals surface area contributed by atoms with Crippen LogP contribution in [0.4, 0.5) is 5.82 Å². The molecule has 1 fully saturated rings. The molecule has 0 radical (unpaired) electrons. The van der Waals surface area contributed by atoms with Crippen molar-refractivity contribution < 1.29 is 8.42 Å². The maximum Gasteiger partial charge on any atom is 0.252 e. The van der Waals surface area contributed by atoms with E-state index in [4.69, 9.17) is 11.6 Å². The highest BCUT2D eigenvalue weighted by molar-refractivity contribution is 7.91. The van der Waals surface area contributed by atoms with Gasteiger partial charge in [0, 0.05) is 44.6 Å². The fraction of sp³-hybridized carbons (Fsp3) is 0.267. The number of hydrogen-bond acceptors (Lipinski definition) is 7. The number of halogens is 1. The largest absolute Gasteiger partial charge is 0.354 e. The molecule has 1 aliphatic heterocycles. The molecule has 0 amide bonds. The summed E-state index contributed by atoms with van der Waals surface area (Å²) in [5.41, 5.74) is 0. The zero-order chi connectivity index (χ0) is 18.1. The van der Waals surface area contributed by atoms with Gasteiger partial charge in [-0.05, 0) is 12.1 Å². The quantitative estimate of drug-likeness (QED) is 0.653. The van der Waals surface area contributed by atoms with E-state index in [1.54, 1.807) is 29.2 Å². The van der Waals surface area contributed by atoms with Crippen molar-refractivity contribution in [3.63, 3.8) is 0 Å². The maximum absolute atomic E-state index is 12.7. The topological polar surface area (TPSA) is 84.2 Å². The molecule has 1 aliphatic rings. The third-order valence-electron chi connectivity index (χ3n) is 4.11. The Labute approximate surface area is 159 Å². The maximum atomic E-state index is 12.7. The summed E-state index contributed by atoms with van der Waals surface area (Å²) in [6, 6.07) is 5.02. The predicted octanol–water partition coefficient (Wildman–Crippen LogP) is 1.89. The van der Waals surface area contributed by atoms with E-state index in [0.717, 1.165) is 23.0 Å². The van der Waals surface area contributed by atoms with Crippen molar-refractivity contribution in [3.05, 3.63) is 47.6 Å². The summed E-state index contributed by atoms with van der Waals surface area (Å²) >= 11 is 6.95. The summed E-state index contributed by atoms with van der Waals surface area (Å²) in [7, 11) is -3.49. The lowest BCUT2D eigenvalue weighted by molar-refractivity contribution is 0.384. The number of sulfonamides is 1. The highest BCUT2D eigenvalue weighted by Gasteiger charge is 2.30. The fourth-order valence-corrected chi connectivity index (χ4v) is 5.83. The number of anilines is 1. The molecule has 11 heteroatoms. The lowest BCUT2D eigenvalue weighted by atomic mass is 10.3. The van der Waals surface area contributed by atoms with Gasteiger partial charge >= 0.3 is 0 Å². The number of thiophene rings is 1. The van der Waals surface area contributed by atoms with Crippen LogP contribution in [-0.4, -0.2) is 58.4 Å². The van der Waals surface area contributed by atoms with Gasteiger partial charge in [-0.3, -0.25) is 4.57 Å². The second kappa shape index (κ2) is 6.95. The number of piperazine rings is 1. The van der Waals surface area contributed by atoms with Crippen LogP contribution in [0.15, 0.2) is 47.5 Å². The molecule has 1 saturated heterocycles. The molecule has 0 saturated carbocycles. The average Bonchev–Trinajstić information content (AvgIpc) is 3.34. The van der Waals surface area contributed by atoms with Gasteiger partial charge in [-0.2, -0.15) is 4.31 Å². The molecule has 8 nitrogen and oxygen atoms in total. The van der Waals surface area contributed by atoms with Crippen molar-refractivity contribution in [1.82, 2.24) is 23.8 Å². The van der Waals surface area contributed by atoms with Crippen LogP contribution in [0.2, 0.25) is 4.34 Å². The first-order chi connectivity index (χ1) is 12.5. The standard InChI is InChI=1S/C15H15ClN6O2S2/c16-12-1-2-15(25-12)26(23,24)22-7-5-20(6-8-22)13-9-14(19-10-18-13)21-4-3-17-11-21/h1-4,9-11H,5-8H2. The van der Waals surface area contributed by atoms with Gasteiger partial charge in [0.15, 0.2) is 0 Å². The molecule has 0 aliphatic carbocycles. The molecule has 26 heavy (non-hydrogen) atoms. The number of nitrogens with zero attached hydrogens (tertiary/aromatic N) is 6. The molecule has 4 rings (SSSR count). The summed E-state index contributed by atoms with van der Waals surface area (Å²) in [6.07, 6.45) is 6.66. The highest BCUT2D eigenvalue weighted by atomic mass is 35.5. The van der Waals surface area contributed by atoms with E-state index in [9.17, 15) is 8.42 Å². The van der Waals surface area contributed by atoms with Gasteiger partial charge in [-0.25, -0.2) is 23.4 Å². The molecule has 0 unspecified atom stereocenters. The molecule has 136 valence electrons. The van der Waals surface area contributed by atoms with E-state index in [2.05, 4.69) is 19.9 Å². The Balaban J connectivity index is 1.48. The van der Waals surface area contributed by atoms with Gasteiger partial charge in [0.1, 0.15) is 28.5 Å². The molecule has 0 N–H and O–H groups in total. The number of aromatic nitrogens is 4. The van der Waals surface area contributed by atoms with Crippen molar-refractivity contribution >= 4 is 38.8 Å². The first-order valence-corrected chi connectivity index (χ1v) is 10.5. The Morgan fingerprint density at radius 1 is 1.08 bits per heavy atom. The van der Waals surface area contributed by atoms with Crippen LogP contribution in [0.25, 0.3) is 5.82 Å². The van der Waals surface area contributed by atoms with Crippen molar-refractivity contribution in [2.45, 2.75) is 4.21 Å². The minimum absolute atomic E-state index is 0.278. The van der Waals surface area contributed by atoms with Gasteiger partial charge in [0.25, 0.3) is 10.0 Å². The van der Waals surface area contributed by atoms with Crippen molar-refractivity contribution in [1.29, 1.82) is 0 Å². The molecule has 4 heterocycles. The van der Waals surface area contributed by atoms with E-state index in [0.29, 0.717) is 30.5 Å². The minimum Gasteiger partial charge on any atom is -0.354 e. The van der Waals surface area contributed by atoms with Crippen molar-refractivity contribution in [3.8, 4) is 5.82 Å². The predicted molar refractivity (Wildman–Crippen MR) is 99.5 cm³/mol. The van der Waals surface area contributed by atoms with E-state index >= 15 is 0 Å². The van der Waals surface area contributed by atoms with Gasteiger partial charge < -0.3 is 4.90 Å². The zero-order valence-corrected chi connectivity index (χ0v) is 16.0. The Bertz CT molecular complexity index is 997. The summed E-state index contributed by atoms with van der Waals surface area (Å²) < 4.78 is 29.4. The van der Waals surface area contributed by atoms with E-state index in [1.165, 1.54) is 10.6 Å². The third-order valence-corrected chi connectivity index (χ3v) is 7.71. The van der Waals surface area contributed by atoms with Crippen LogP contribution in [-0.2, 0) is 10.0 Å². The molecule has 3 aromatic heterocycles. The smallest absolute Gasteiger partial charge is 0.252 e. The van der Waals surface area contributed by atoms with Gasteiger partial charge in [-0.15, -0.1) is 11.3 Å². The first-order valence-electron chi connectivity index (χ1n) is 7.85. The summed E-state index contributed by atoms with van der Waals surface area (Å²) in [5, 5.41) is 0. The van der Waals surface area contributed by atoms with Crippen LogP contribution >= 0.6 is 22.9 Å². The van der Waals surface area contributed by atoms with Crippen molar-refractivity contribution in [2.75, 3.05) is 31.1 Å². The number of imidazole rings is 1. The van der Waals surface area contributed by atoms with Crippen molar-refractivity contribution in [2.24, 2.45) is 0 Å². The fourth-order valence-electron chi connectivity index (χ4n) is 2.77. The summed E-state index contributed by atoms with van der Waals surface area (Å²) in [4.78, 5) is 14.6.